The van der Waals surface area contributed by atoms with Crippen LogP contribution in [-0.2, 0) is 21.7 Å². The molecule has 64 heavy (non-hydrogen) atoms. The Kier molecular flexibility index (Phi) is 7.30. The second kappa shape index (κ2) is 12.4. The first-order chi connectivity index (χ1) is 30.8. The highest BCUT2D eigenvalue weighted by Crippen LogP contribution is 2.67. The Labute approximate surface area is 377 Å². The van der Waals surface area contributed by atoms with Crippen molar-refractivity contribution in [2.45, 2.75) is 77.0 Å². The smallest absolute Gasteiger partial charge is 0.0468 e. The van der Waals surface area contributed by atoms with E-state index in [4.69, 9.17) is 0 Å². The molecule has 0 aromatic heterocycles. The van der Waals surface area contributed by atoms with Crippen LogP contribution in [0.3, 0.4) is 0 Å². The molecule has 310 valence electrons. The number of hydrogen-bond donors (Lipinski definition) is 0. The lowest BCUT2D eigenvalue weighted by molar-refractivity contribution is 0.606. The lowest BCUT2D eigenvalue weighted by Crippen LogP contribution is -2.35. The molecule has 0 unspecified atom stereocenters. The van der Waals surface area contributed by atoms with Crippen molar-refractivity contribution < 1.29 is 0 Å². The van der Waals surface area contributed by atoms with Crippen LogP contribution in [0.5, 0.6) is 0 Å². The number of para-hydroxylation sites is 4. The molecule has 0 aliphatic heterocycles. The molecular formula is C62H52N2. The maximum atomic E-state index is 2.54. The molecule has 13 rings (SSSR count). The predicted octanol–water partition coefficient (Wildman–Crippen LogP) is 16.8. The molecule has 2 heteroatoms. The highest BCUT2D eigenvalue weighted by molar-refractivity contribution is 6.29. The molecule has 2 nitrogen and oxygen atoms in total. The minimum atomic E-state index is -0.271. The number of hydrogen-bond acceptors (Lipinski definition) is 2. The van der Waals surface area contributed by atoms with E-state index in [1.54, 1.807) is 0 Å². The zero-order chi connectivity index (χ0) is 43.7. The zero-order valence-corrected chi connectivity index (χ0v) is 38.1. The number of nitrogens with zero attached hydrogens (tertiary/aromatic N) is 2. The minimum absolute atomic E-state index is 0.271. The van der Waals surface area contributed by atoms with E-state index >= 15 is 0 Å². The molecule has 4 aliphatic rings. The molecular weight excluding hydrogens is 773 g/mol. The van der Waals surface area contributed by atoms with E-state index in [2.05, 4.69) is 235 Å². The van der Waals surface area contributed by atoms with Gasteiger partial charge in [0.2, 0.25) is 0 Å². The van der Waals surface area contributed by atoms with Crippen LogP contribution in [0.2, 0.25) is 0 Å². The third-order valence-electron chi connectivity index (χ3n) is 16.1. The summed E-state index contributed by atoms with van der Waals surface area (Å²) in [7, 11) is 0. The average molecular weight is 825 g/mol. The Bertz CT molecular complexity index is 3020. The van der Waals surface area contributed by atoms with Crippen LogP contribution < -0.4 is 9.80 Å². The van der Waals surface area contributed by atoms with E-state index < -0.39 is 0 Å². The highest BCUT2D eigenvalue weighted by atomic mass is 15.1. The molecule has 0 saturated carbocycles. The number of benzene rings is 9. The molecule has 0 amide bonds. The van der Waals surface area contributed by atoms with Crippen LogP contribution in [0.25, 0.3) is 43.8 Å². The van der Waals surface area contributed by atoms with E-state index in [9.17, 15) is 0 Å². The molecule has 0 atom stereocenters. The van der Waals surface area contributed by atoms with E-state index in [0.29, 0.717) is 0 Å². The first kappa shape index (κ1) is 37.6. The first-order valence-electron chi connectivity index (χ1n) is 23.1. The Morgan fingerprint density at radius 1 is 0.234 bits per heavy atom. The normalized spacial score (nSPS) is 16.6. The molecule has 0 N–H and O–H groups in total. The van der Waals surface area contributed by atoms with Gasteiger partial charge in [0, 0.05) is 55.8 Å². The summed E-state index contributed by atoms with van der Waals surface area (Å²) in [4.78, 5) is 4.92. The number of rotatable bonds is 6. The summed E-state index contributed by atoms with van der Waals surface area (Å²) in [6.45, 7) is 19.9. The fourth-order valence-corrected chi connectivity index (χ4v) is 12.9. The summed E-state index contributed by atoms with van der Waals surface area (Å²) in [6, 6.07) is 63.8. The van der Waals surface area contributed by atoms with Gasteiger partial charge >= 0.3 is 0 Å². The van der Waals surface area contributed by atoms with Crippen LogP contribution in [0.1, 0.15) is 99.9 Å². The van der Waals surface area contributed by atoms with E-state index in [1.807, 2.05) is 0 Å². The van der Waals surface area contributed by atoms with Crippen LogP contribution in [-0.4, -0.2) is 0 Å². The van der Waals surface area contributed by atoms with E-state index in [0.717, 1.165) is 22.7 Å². The van der Waals surface area contributed by atoms with Gasteiger partial charge in [-0.05, 0) is 161 Å². The van der Waals surface area contributed by atoms with Gasteiger partial charge in [-0.25, -0.2) is 0 Å². The van der Waals surface area contributed by atoms with Gasteiger partial charge in [-0.15, -0.1) is 0 Å². The Balaban J connectivity index is 1.16. The van der Waals surface area contributed by atoms with Gasteiger partial charge in [-0.3, -0.25) is 0 Å². The second-order valence-electron chi connectivity index (χ2n) is 20.9. The van der Waals surface area contributed by atoms with E-state index in [1.165, 1.54) is 99.7 Å². The molecule has 0 bridgehead atoms. The molecule has 9 aromatic rings. The molecule has 0 saturated heterocycles. The van der Waals surface area contributed by atoms with Crippen molar-refractivity contribution in [3.8, 4) is 22.3 Å². The van der Waals surface area contributed by atoms with Crippen molar-refractivity contribution in [3.05, 3.63) is 214 Å². The van der Waals surface area contributed by atoms with E-state index in [-0.39, 0.29) is 21.7 Å². The van der Waals surface area contributed by atoms with Gasteiger partial charge in [-0.1, -0.05) is 152 Å². The Hall–Kier alpha value is -6.90. The lowest BCUT2D eigenvalue weighted by atomic mass is 9.54. The molecule has 9 aromatic carbocycles. The number of anilines is 6. The van der Waals surface area contributed by atoms with Crippen LogP contribution in [0, 0.1) is 0 Å². The molecule has 0 radical (unpaired) electrons. The second-order valence-corrected chi connectivity index (χ2v) is 20.9. The largest absolute Gasteiger partial charge is 0.310 e. The lowest BCUT2D eigenvalue weighted by Gasteiger charge is -2.49. The molecule has 0 heterocycles. The van der Waals surface area contributed by atoms with Crippen molar-refractivity contribution in [2.75, 3.05) is 9.80 Å². The Morgan fingerprint density at radius 3 is 0.672 bits per heavy atom. The maximum Gasteiger partial charge on any atom is 0.0468 e. The van der Waals surface area contributed by atoms with Gasteiger partial charge in [0.05, 0.1) is 0 Å². The minimum Gasteiger partial charge on any atom is -0.310 e. The summed E-state index contributed by atoms with van der Waals surface area (Å²) < 4.78 is 0. The summed E-state index contributed by atoms with van der Waals surface area (Å²) in [5.41, 5.74) is 23.2. The summed E-state index contributed by atoms with van der Waals surface area (Å²) in [5, 5.41) is 5.86. The van der Waals surface area contributed by atoms with Crippen molar-refractivity contribution in [1.82, 2.24) is 0 Å². The standard InChI is InChI=1S/C62H52N2/c1-59(2)43-29-30-44-54-53(43)57-51-47(59)33-41(63(37-21-13-9-14-22-37)38-23-15-10-16-24-38)34-48(51)60(3,4)45-31-32-46-56(55(45)57)58(54)52-49(61(44,5)6)35-42(36-50(52)62(46,7)8)64(39-25-17-11-18-26-39)40-27-19-12-20-28-40/h9-36H,1-8H3. The van der Waals surface area contributed by atoms with Crippen molar-refractivity contribution in [1.29, 1.82) is 0 Å². The summed E-state index contributed by atoms with van der Waals surface area (Å²) in [5.74, 6) is 0. The third-order valence-corrected chi connectivity index (χ3v) is 16.1. The third kappa shape index (κ3) is 4.61. The fourth-order valence-electron chi connectivity index (χ4n) is 12.9. The first-order valence-corrected chi connectivity index (χ1v) is 23.1. The highest BCUT2D eigenvalue weighted by Gasteiger charge is 2.50. The molecule has 4 aliphatic carbocycles. The van der Waals surface area contributed by atoms with Gasteiger partial charge < -0.3 is 9.80 Å². The fraction of sp³-hybridized carbons (Fsp3) is 0.194. The average Bonchev–Trinajstić information content (AvgIpc) is 3.30. The predicted molar refractivity (Wildman–Crippen MR) is 270 cm³/mol. The van der Waals surface area contributed by atoms with Crippen molar-refractivity contribution in [2.24, 2.45) is 0 Å². The topological polar surface area (TPSA) is 6.48 Å². The molecule has 0 fully saturated rings. The van der Waals surface area contributed by atoms with Crippen LogP contribution in [0.15, 0.2) is 170 Å². The van der Waals surface area contributed by atoms with Crippen LogP contribution in [0.4, 0.5) is 34.1 Å². The van der Waals surface area contributed by atoms with Gasteiger partial charge in [-0.2, -0.15) is 0 Å². The van der Waals surface area contributed by atoms with Crippen molar-refractivity contribution in [3.63, 3.8) is 0 Å². The monoisotopic (exact) mass is 824 g/mol. The quantitative estimate of drug-likeness (QED) is 0.154. The van der Waals surface area contributed by atoms with Crippen LogP contribution >= 0.6 is 0 Å². The van der Waals surface area contributed by atoms with Gasteiger partial charge in [0.15, 0.2) is 0 Å². The SMILES string of the molecule is CC1(C)c2cc(N(c3ccccc3)c3ccccc3)cc3c2-c2c4c1ccc1c4c4c5c(ccc(c25)C3(C)C)C(C)(C)c2cc(N(c3ccccc3)c3ccccc3)cc(c2-4)C1(C)C. The maximum absolute atomic E-state index is 2.54. The van der Waals surface area contributed by atoms with Gasteiger partial charge in [0.1, 0.15) is 0 Å². The summed E-state index contributed by atoms with van der Waals surface area (Å²) in [6.07, 6.45) is 0. The molecule has 0 spiro atoms. The Morgan fingerprint density at radius 2 is 0.453 bits per heavy atom. The zero-order valence-electron chi connectivity index (χ0n) is 38.1. The summed E-state index contributed by atoms with van der Waals surface area (Å²) >= 11 is 0. The van der Waals surface area contributed by atoms with Gasteiger partial charge in [0.25, 0.3) is 0 Å². The van der Waals surface area contributed by atoms with Crippen molar-refractivity contribution >= 4 is 55.7 Å².